The number of hydrogen-bond acceptors (Lipinski definition) is 2. The van der Waals surface area contributed by atoms with Gasteiger partial charge in [0.1, 0.15) is 11.6 Å². The number of halogens is 4. The number of rotatable bonds is 11. The quantitative estimate of drug-likeness (QED) is 0.166. The Labute approximate surface area is 246 Å². The Morgan fingerprint density at radius 2 is 1.50 bits per heavy atom. The van der Waals surface area contributed by atoms with Crippen molar-refractivity contribution in [3.63, 3.8) is 0 Å². The zero-order valence-corrected chi connectivity index (χ0v) is 24.2. The monoisotopic (exact) mass is 577 g/mol. The number of aromatic nitrogens is 2. The summed E-state index contributed by atoms with van der Waals surface area (Å²) in [5.74, 6) is 0.126. The van der Waals surface area contributed by atoms with E-state index in [1.165, 1.54) is 18.6 Å². The zero-order valence-electron chi connectivity index (χ0n) is 24.2. The Morgan fingerprint density at radius 3 is 2.14 bits per heavy atom. The van der Waals surface area contributed by atoms with E-state index in [0.717, 1.165) is 79.5 Å². The van der Waals surface area contributed by atoms with Crippen molar-refractivity contribution < 1.29 is 17.6 Å². The van der Waals surface area contributed by atoms with Gasteiger partial charge in [-0.05, 0) is 31.2 Å². The summed E-state index contributed by atoms with van der Waals surface area (Å²) in [7, 11) is 0. The molecule has 0 amide bonds. The van der Waals surface area contributed by atoms with Crippen LogP contribution in [-0.4, -0.2) is 21.0 Å². The minimum Gasteiger partial charge on any atom is -0.326 e. The van der Waals surface area contributed by atoms with E-state index in [2.05, 4.69) is 28.5 Å². The molecule has 0 N–H and O–H groups in total. The summed E-state index contributed by atoms with van der Waals surface area (Å²) in [5.41, 5.74) is 2.75. The van der Waals surface area contributed by atoms with E-state index in [1.807, 2.05) is 48.5 Å². The lowest BCUT2D eigenvalue weighted by atomic mass is 9.88. The van der Waals surface area contributed by atoms with Gasteiger partial charge in [0.2, 0.25) is 0 Å². The van der Waals surface area contributed by atoms with Crippen LogP contribution in [0.25, 0.3) is 22.6 Å². The van der Waals surface area contributed by atoms with E-state index in [4.69, 9.17) is 4.98 Å². The fourth-order valence-electron chi connectivity index (χ4n) is 6.13. The molecule has 1 aromatic heterocycles. The maximum absolute atomic E-state index is 15.3. The number of alkyl halides is 3. The van der Waals surface area contributed by atoms with Gasteiger partial charge in [0, 0.05) is 42.9 Å². The third-order valence-electron chi connectivity index (χ3n) is 8.28. The molecule has 0 spiro atoms. The van der Waals surface area contributed by atoms with Gasteiger partial charge in [0.15, 0.2) is 0 Å². The molecule has 1 saturated carbocycles. The first-order chi connectivity index (χ1) is 20.3. The Bertz CT molecular complexity index is 1420. The van der Waals surface area contributed by atoms with Gasteiger partial charge in [0.25, 0.3) is 0 Å². The SMILES string of the molecule is CCCCn1c(-c2ccccc2)nc(-c2ccccc2)c1CN(Cc1cccc(C(F)(F)F)c1F)CC1CCCCC1. The summed E-state index contributed by atoms with van der Waals surface area (Å²) in [6, 6.07) is 23.8. The van der Waals surface area contributed by atoms with E-state index < -0.39 is 17.6 Å². The van der Waals surface area contributed by atoms with E-state index in [-0.39, 0.29) is 12.1 Å². The van der Waals surface area contributed by atoms with Crippen molar-refractivity contribution >= 4 is 0 Å². The smallest absolute Gasteiger partial charge is 0.326 e. The van der Waals surface area contributed by atoms with Crippen molar-refractivity contribution in [2.75, 3.05) is 6.54 Å². The minimum absolute atomic E-state index is 0.0739. The van der Waals surface area contributed by atoms with Gasteiger partial charge < -0.3 is 4.57 Å². The molecule has 4 aromatic rings. The van der Waals surface area contributed by atoms with Crippen LogP contribution in [0.3, 0.4) is 0 Å². The van der Waals surface area contributed by atoms with Crippen molar-refractivity contribution in [1.29, 1.82) is 0 Å². The van der Waals surface area contributed by atoms with Gasteiger partial charge in [-0.15, -0.1) is 0 Å². The largest absolute Gasteiger partial charge is 0.419 e. The molecule has 222 valence electrons. The van der Waals surface area contributed by atoms with Crippen LogP contribution in [0.2, 0.25) is 0 Å². The highest BCUT2D eigenvalue weighted by Gasteiger charge is 2.35. The summed E-state index contributed by atoms with van der Waals surface area (Å²) in [4.78, 5) is 7.34. The molecule has 7 heteroatoms. The standard InChI is InChI=1S/C35H39F4N3/c1-2-3-22-42-31(33(27-16-9-5-10-17-27)40-34(42)28-18-11-6-12-19-28)25-41(23-26-14-7-4-8-15-26)24-29-20-13-21-30(32(29)36)35(37,38)39/h5-6,9-13,16-21,26H,2-4,7-8,14-15,22-25H2,1H3. The Kier molecular flexibility index (Phi) is 9.78. The van der Waals surface area contributed by atoms with E-state index in [1.54, 1.807) is 0 Å². The molecule has 0 atom stereocenters. The third kappa shape index (κ3) is 7.12. The summed E-state index contributed by atoms with van der Waals surface area (Å²) >= 11 is 0. The molecule has 42 heavy (non-hydrogen) atoms. The zero-order chi connectivity index (χ0) is 29.5. The Hall–Kier alpha value is -3.45. The highest BCUT2D eigenvalue weighted by Crippen LogP contribution is 2.35. The van der Waals surface area contributed by atoms with Gasteiger partial charge in [0.05, 0.1) is 17.0 Å². The molecule has 0 unspecified atom stereocenters. The average Bonchev–Trinajstić information content (AvgIpc) is 3.35. The second-order valence-corrected chi connectivity index (χ2v) is 11.4. The Morgan fingerprint density at radius 1 is 0.833 bits per heavy atom. The second kappa shape index (κ2) is 13.7. The van der Waals surface area contributed by atoms with Crippen LogP contribution >= 0.6 is 0 Å². The second-order valence-electron chi connectivity index (χ2n) is 11.4. The summed E-state index contributed by atoms with van der Waals surface area (Å²) in [5, 5.41) is 0. The average molecular weight is 578 g/mol. The molecule has 1 aliphatic rings. The molecule has 5 rings (SSSR count). The highest BCUT2D eigenvalue weighted by atomic mass is 19.4. The van der Waals surface area contributed by atoms with Crippen LogP contribution in [0.15, 0.2) is 78.9 Å². The molecule has 3 nitrogen and oxygen atoms in total. The predicted octanol–water partition coefficient (Wildman–Crippen LogP) is 9.76. The van der Waals surface area contributed by atoms with Crippen LogP contribution in [0.5, 0.6) is 0 Å². The van der Waals surface area contributed by atoms with Gasteiger partial charge in [-0.3, -0.25) is 4.90 Å². The van der Waals surface area contributed by atoms with Crippen LogP contribution in [0, 0.1) is 11.7 Å². The van der Waals surface area contributed by atoms with Crippen molar-refractivity contribution in [2.24, 2.45) is 5.92 Å². The van der Waals surface area contributed by atoms with Gasteiger partial charge in [-0.2, -0.15) is 13.2 Å². The normalized spacial score (nSPS) is 14.5. The molecule has 0 aliphatic heterocycles. The topological polar surface area (TPSA) is 21.1 Å². The van der Waals surface area contributed by atoms with Crippen molar-refractivity contribution in [1.82, 2.24) is 14.5 Å². The molecule has 0 saturated heterocycles. The predicted molar refractivity (Wildman–Crippen MR) is 160 cm³/mol. The first kappa shape index (κ1) is 30.0. The van der Waals surface area contributed by atoms with Crippen molar-refractivity contribution in [3.05, 3.63) is 102 Å². The minimum atomic E-state index is -4.74. The number of unbranched alkanes of at least 4 members (excludes halogenated alkanes) is 1. The molecule has 3 aromatic carbocycles. The first-order valence-corrected chi connectivity index (χ1v) is 15.1. The maximum atomic E-state index is 15.3. The Balaban J connectivity index is 1.60. The first-order valence-electron chi connectivity index (χ1n) is 15.1. The van der Waals surface area contributed by atoms with Crippen LogP contribution in [0.4, 0.5) is 17.6 Å². The maximum Gasteiger partial charge on any atom is 0.419 e. The van der Waals surface area contributed by atoms with Crippen molar-refractivity contribution in [3.8, 4) is 22.6 Å². The van der Waals surface area contributed by atoms with Crippen molar-refractivity contribution in [2.45, 2.75) is 77.7 Å². The van der Waals surface area contributed by atoms with Crippen LogP contribution in [0.1, 0.15) is 68.7 Å². The lowest BCUT2D eigenvalue weighted by molar-refractivity contribution is -0.140. The molecule has 1 fully saturated rings. The molecule has 1 aliphatic carbocycles. The van der Waals surface area contributed by atoms with E-state index in [0.29, 0.717) is 19.0 Å². The fraction of sp³-hybridized carbons (Fsp3) is 0.400. The van der Waals surface area contributed by atoms with Crippen LogP contribution < -0.4 is 0 Å². The van der Waals surface area contributed by atoms with E-state index >= 15 is 4.39 Å². The lowest BCUT2D eigenvalue weighted by Gasteiger charge is -2.31. The number of nitrogens with zero attached hydrogens (tertiary/aromatic N) is 3. The van der Waals surface area contributed by atoms with Gasteiger partial charge in [-0.1, -0.05) is 105 Å². The summed E-state index contributed by atoms with van der Waals surface area (Å²) in [6.45, 7) is 4.18. The molecule has 0 radical (unpaired) electrons. The summed E-state index contributed by atoms with van der Waals surface area (Å²) < 4.78 is 58.4. The molecular weight excluding hydrogens is 538 g/mol. The number of benzene rings is 3. The molecule has 0 bridgehead atoms. The van der Waals surface area contributed by atoms with Crippen LogP contribution in [-0.2, 0) is 25.8 Å². The molecule has 1 heterocycles. The highest BCUT2D eigenvalue weighted by molar-refractivity contribution is 5.68. The van der Waals surface area contributed by atoms with E-state index in [9.17, 15) is 13.2 Å². The molecular formula is C35H39F4N3. The van der Waals surface area contributed by atoms with Gasteiger partial charge in [-0.25, -0.2) is 9.37 Å². The number of hydrogen-bond donors (Lipinski definition) is 0. The fourth-order valence-corrected chi connectivity index (χ4v) is 6.13. The third-order valence-corrected chi connectivity index (χ3v) is 8.28. The summed E-state index contributed by atoms with van der Waals surface area (Å²) in [6.07, 6.45) is 2.90. The van der Waals surface area contributed by atoms with Gasteiger partial charge >= 0.3 is 6.18 Å². The lowest BCUT2D eigenvalue weighted by Crippen LogP contribution is -2.31. The number of imidazole rings is 1.